The second-order valence-corrected chi connectivity index (χ2v) is 7.88. The van der Waals surface area contributed by atoms with E-state index < -0.39 is 35.4 Å². The number of amides is 1. The zero-order valence-corrected chi connectivity index (χ0v) is 18.6. The number of alkyl halides is 3. The van der Waals surface area contributed by atoms with Crippen LogP contribution in [0.1, 0.15) is 17.0 Å². The molecular formula is C21H20F3N7O3. The van der Waals surface area contributed by atoms with Gasteiger partial charge in [0.25, 0.3) is 5.56 Å². The zero-order valence-electron chi connectivity index (χ0n) is 18.6. The SMILES string of the molecule is Cc1cc(C)n(-c2ccc(C(F)(F)F)cc2NC(=O)Cn2c(=O)c3c(ncn3C)n(C)c2=O)n1. The van der Waals surface area contributed by atoms with Crippen LogP contribution in [0.3, 0.4) is 0 Å². The molecule has 0 saturated carbocycles. The number of hydrogen-bond donors (Lipinski definition) is 1. The van der Waals surface area contributed by atoms with Crippen LogP contribution in [0, 0.1) is 13.8 Å². The largest absolute Gasteiger partial charge is 0.416 e. The number of rotatable bonds is 4. The molecule has 1 aromatic carbocycles. The summed E-state index contributed by atoms with van der Waals surface area (Å²) in [5, 5.41) is 6.67. The van der Waals surface area contributed by atoms with Crippen LogP contribution in [0.2, 0.25) is 0 Å². The van der Waals surface area contributed by atoms with E-state index >= 15 is 0 Å². The van der Waals surface area contributed by atoms with Crippen molar-refractivity contribution in [1.82, 2.24) is 28.5 Å². The van der Waals surface area contributed by atoms with E-state index in [1.54, 1.807) is 27.0 Å². The van der Waals surface area contributed by atoms with Crippen LogP contribution in [-0.4, -0.2) is 34.4 Å². The zero-order chi connectivity index (χ0) is 24.9. The number of anilines is 1. The van der Waals surface area contributed by atoms with Gasteiger partial charge in [-0.2, -0.15) is 18.3 Å². The van der Waals surface area contributed by atoms with Crippen LogP contribution >= 0.6 is 0 Å². The van der Waals surface area contributed by atoms with E-state index in [9.17, 15) is 27.6 Å². The van der Waals surface area contributed by atoms with Gasteiger partial charge in [0.15, 0.2) is 11.2 Å². The number of benzene rings is 1. The van der Waals surface area contributed by atoms with Gasteiger partial charge in [-0.25, -0.2) is 19.0 Å². The summed E-state index contributed by atoms with van der Waals surface area (Å²) in [4.78, 5) is 42.3. The number of aromatic nitrogens is 6. The van der Waals surface area contributed by atoms with Crippen molar-refractivity contribution in [2.75, 3.05) is 5.32 Å². The first-order chi connectivity index (χ1) is 15.9. The quantitative estimate of drug-likeness (QED) is 0.485. The summed E-state index contributed by atoms with van der Waals surface area (Å²) < 4.78 is 44.7. The van der Waals surface area contributed by atoms with Crippen LogP contribution in [0.15, 0.2) is 40.2 Å². The lowest BCUT2D eigenvalue weighted by molar-refractivity contribution is -0.137. The maximum Gasteiger partial charge on any atom is 0.416 e. The summed E-state index contributed by atoms with van der Waals surface area (Å²) in [5.74, 6) is -0.858. The lowest BCUT2D eigenvalue weighted by Gasteiger charge is -2.16. The van der Waals surface area contributed by atoms with E-state index in [-0.39, 0.29) is 22.5 Å². The van der Waals surface area contributed by atoms with Crippen molar-refractivity contribution in [2.24, 2.45) is 14.1 Å². The van der Waals surface area contributed by atoms with Gasteiger partial charge in [0.05, 0.1) is 29.0 Å². The van der Waals surface area contributed by atoms with Gasteiger partial charge in [-0.3, -0.25) is 14.2 Å². The number of carbonyl (C=O) groups is 1. The van der Waals surface area contributed by atoms with E-state index in [0.717, 1.165) is 16.7 Å². The molecule has 0 spiro atoms. The van der Waals surface area contributed by atoms with Crippen molar-refractivity contribution in [1.29, 1.82) is 0 Å². The number of halogens is 3. The third kappa shape index (κ3) is 3.89. The number of fused-ring (bicyclic) bond motifs is 1. The Kier molecular flexibility index (Phi) is 5.42. The molecule has 34 heavy (non-hydrogen) atoms. The van der Waals surface area contributed by atoms with Crippen LogP contribution in [0.5, 0.6) is 0 Å². The number of aryl methyl sites for hydroxylation is 4. The Hall–Kier alpha value is -4.16. The first-order valence-electron chi connectivity index (χ1n) is 10.0. The fraction of sp³-hybridized carbons (Fsp3) is 0.286. The second-order valence-electron chi connectivity index (χ2n) is 7.88. The van der Waals surface area contributed by atoms with E-state index in [0.29, 0.717) is 16.0 Å². The molecule has 10 nitrogen and oxygen atoms in total. The number of imidazole rings is 1. The molecule has 0 aliphatic rings. The maximum absolute atomic E-state index is 13.3. The van der Waals surface area contributed by atoms with Crippen LogP contribution in [0.25, 0.3) is 16.9 Å². The minimum atomic E-state index is -4.65. The average Bonchev–Trinajstić information content (AvgIpc) is 3.30. The molecule has 0 saturated heterocycles. The Morgan fingerprint density at radius 1 is 1.12 bits per heavy atom. The molecule has 0 atom stereocenters. The number of hydrogen-bond acceptors (Lipinski definition) is 5. The van der Waals surface area contributed by atoms with Crippen molar-refractivity contribution in [3.63, 3.8) is 0 Å². The fourth-order valence-corrected chi connectivity index (χ4v) is 3.74. The lowest BCUT2D eigenvalue weighted by atomic mass is 10.1. The summed E-state index contributed by atoms with van der Waals surface area (Å²) >= 11 is 0. The Labute approximate surface area is 189 Å². The lowest BCUT2D eigenvalue weighted by Crippen LogP contribution is -2.42. The summed E-state index contributed by atoms with van der Waals surface area (Å²) in [5.41, 5.74) is -0.931. The Bertz CT molecular complexity index is 1560. The fourth-order valence-electron chi connectivity index (χ4n) is 3.74. The molecule has 1 amide bonds. The molecular weight excluding hydrogens is 455 g/mol. The molecule has 0 fully saturated rings. The molecule has 0 radical (unpaired) electrons. The highest BCUT2D eigenvalue weighted by atomic mass is 19.4. The predicted molar refractivity (Wildman–Crippen MR) is 117 cm³/mol. The van der Waals surface area contributed by atoms with Gasteiger partial charge in [0.2, 0.25) is 5.91 Å². The van der Waals surface area contributed by atoms with Crippen molar-refractivity contribution < 1.29 is 18.0 Å². The molecule has 4 rings (SSSR count). The number of nitrogens with one attached hydrogen (secondary N) is 1. The molecule has 1 N–H and O–H groups in total. The highest BCUT2D eigenvalue weighted by Crippen LogP contribution is 2.33. The minimum absolute atomic E-state index is 0.109. The van der Waals surface area contributed by atoms with Crippen molar-refractivity contribution >= 4 is 22.8 Å². The molecule has 3 aromatic heterocycles. The van der Waals surface area contributed by atoms with E-state index in [1.807, 2.05) is 0 Å². The summed E-state index contributed by atoms with van der Waals surface area (Å²) in [7, 11) is 2.97. The Morgan fingerprint density at radius 3 is 2.44 bits per heavy atom. The molecule has 0 bridgehead atoms. The molecule has 0 aliphatic heterocycles. The Morgan fingerprint density at radius 2 is 1.82 bits per heavy atom. The molecule has 13 heteroatoms. The molecule has 3 heterocycles. The van der Waals surface area contributed by atoms with Gasteiger partial charge in [-0.1, -0.05) is 0 Å². The topological polar surface area (TPSA) is 109 Å². The molecule has 0 aliphatic carbocycles. The highest BCUT2D eigenvalue weighted by molar-refractivity contribution is 5.93. The van der Waals surface area contributed by atoms with Gasteiger partial charge in [-0.15, -0.1) is 0 Å². The normalized spacial score (nSPS) is 11.9. The van der Waals surface area contributed by atoms with Gasteiger partial charge >= 0.3 is 11.9 Å². The smallest absolute Gasteiger partial charge is 0.328 e. The summed E-state index contributed by atoms with van der Waals surface area (Å²) in [6.45, 7) is 2.73. The maximum atomic E-state index is 13.3. The van der Waals surface area contributed by atoms with E-state index in [4.69, 9.17) is 0 Å². The van der Waals surface area contributed by atoms with Crippen molar-refractivity contribution in [3.8, 4) is 5.69 Å². The predicted octanol–water partition coefficient (Wildman–Crippen LogP) is 1.89. The van der Waals surface area contributed by atoms with Gasteiger partial charge in [-0.05, 0) is 38.1 Å². The van der Waals surface area contributed by atoms with Gasteiger partial charge < -0.3 is 9.88 Å². The minimum Gasteiger partial charge on any atom is -0.328 e. The first-order valence-corrected chi connectivity index (χ1v) is 10.0. The molecule has 4 aromatic rings. The van der Waals surface area contributed by atoms with Crippen molar-refractivity contribution in [2.45, 2.75) is 26.6 Å². The standard InChI is InChI=1S/C21H20F3N7O3/c1-11-7-12(2)31(27-11)15-6-5-13(21(22,23)24)8-14(15)26-16(32)9-30-19(33)17-18(25-10-28(17)3)29(4)20(30)34/h5-8,10H,9H2,1-4H3,(H,26,32). The first kappa shape index (κ1) is 23.0. The average molecular weight is 475 g/mol. The third-order valence-corrected chi connectivity index (χ3v) is 5.34. The number of carbonyl (C=O) groups excluding carboxylic acids is 1. The third-order valence-electron chi connectivity index (χ3n) is 5.34. The van der Waals surface area contributed by atoms with Crippen LogP contribution < -0.4 is 16.6 Å². The van der Waals surface area contributed by atoms with Crippen LogP contribution in [-0.2, 0) is 31.6 Å². The van der Waals surface area contributed by atoms with E-state index in [2.05, 4.69) is 15.4 Å². The second kappa shape index (κ2) is 8.01. The monoisotopic (exact) mass is 475 g/mol. The number of nitrogens with zero attached hydrogens (tertiary/aromatic N) is 6. The summed E-state index contributed by atoms with van der Waals surface area (Å²) in [6.07, 6.45) is -3.29. The van der Waals surface area contributed by atoms with Gasteiger partial charge in [0, 0.05) is 19.8 Å². The highest BCUT2D eigenvalue weighted by Gasteiger charge is 2.31. The van der Waals surface area contributed by atoms with E-state index in [1.165, 1.54) is 28.7 Å². The molecule has 0 unspecified atom stereocenters. The van der Waals surface area contributed by atoms with Gasteiger partial charge in [0.1, 0.15) is 6.54 Å². The summed E-state index contributed by atoms with van der Waals surface area (Å²) in [6, 6.07) is 4.60. The van der Waals surface area contributed by atoms with Crippen LogP contribution in [0.4, 0.5) is 18.9 Å². The Balaban J connectivity index is 1.76. The molecule has 178 valence electrons. The van der Waals surface area contributed by atoms with Crippen molar-refractivity contribution in [3.05, 3.63) is 68.4 Å².